The van der Waals surface area contributed by atoms with Crippen molar-refractivity contribution in [1.82, 2.24) is 0 Å². The second-order valence-corrected chi connectivity index (χ2v) is 8.48. The Bertz CT molecular complexity index is 1320. The minimum absolute atomic E-state index is 0.0768. The quantitative estimate of drug-likeness (QED) is 0.320. The van der Waals surface area contributed by atoms with E-state index in [1.54, 1.807) is 29.2 Å². The second-order valence-electron chi connectivity index (χ2n) is 7.69. The molecule has 0 N–H and O–H groups in total. The van der Waals surface area contributed by atoms with E-state index in [4.69, 9.17) is 23.2 Å². The number of carbonyl (C=O) groups is 1. The van der Waals surface area contributed by atoms with Crippen molar-refractivity contribution in [3.8, 4) is 0 Å². The van der Waals surface area contributed by atoms with Crippen LogP contribution in [0.5, 0.6) is 0 Å². The Morgan fingerprint density at radius 1 is 0.903 bits per heavy atom. The van der Waals surface area contributed by atoms with E-state index in [9.17, 15) is 9.18 Å². The number of anilines is 1. The molecule has 4 aromatic carbocycles. The third-order valence-electron chi connectivity index (χ3n) is 5.91. The average Bonchev–Trinajstić information content (AvgIpc) is 2.78. The van der Waals surface area contributed by atoms with E-state index in [0.717, 1.165) is 27.6 Å². The van der Waals surface area contributed by atoms with E-state index < -0.39 is 0 Å². The number of amides is 1. The van der Waals surface area contributed by atoms with Crippen LogP contribution < -0.4 is 4.90 Å². The van der Waals surface area contributed by atoms with E-state index in [1.807, 2.05) is 42.5 Å². The Morgan fingerprint density at radius 3 is 2.52 bits per heavy atom. The van der Waals surface area contributed by atoms with E-state index in [-0.39, 0.29) is 30.6 Å². The molecular weight excluding hydrogens is 432 g/mol. The Hall–Kier alpha value is -2.88. The highest BCUT2D eigenvalue weighted by atomic mass is 35.5. The molecule has 0 radical (unpaired) electrons. The van der Waals surface area contributed by atoms with Gasteiger partial charge < -0.3 is 4.90 Å². The summed E-state index contributed by atoms with van der Waals surface area (Å²) in [5, 5.41) is 3.04. The molecule has 0 spiro atoms. The number of rotatable bonds is 3. The van der Waals surface area contributed by atoms with Crippen LogP contribution in [0.2, 0.25) is 10.0 Å². The van der Waals surface area contributed by atoms with Crippen molar-refractivity contribution < 1.29 is 9.18 Å². The molecular formula is C26H18Cl2FNO. The lowest BCUT2D eigenvalue weighted by atomic mass is 9.81. The molecule has 0 saturated carbocycles. The monoisotopic (exact) mass is 449 g/mol. The molecule has 5 rings (SSSR count). The van der Waals surface area contributed by atoms with Crippen molar-refractivity contribution in [2.45, 2.75) is 18.9 Å². The zero-order valence-electron chi connectivity index (χ0n) is 16.5. The second kappa shape index (κ2) is 7.99. The Morgan fingerprint density at radius 2 is 1.68 bits per heavy atom. The lowest BCUT2D eigenvalue weighted by molar-refractivity contribution is -0.119. The number of carbonyl (C=O) groups excluding carboxylic acids is 1. The smallest absolute Gasteiger partial charge is 0.228 e. The SMILES string of the molecule is O=C1CC(c2cccc(Cl)c2Cl)c2c(ccc3ccccc23)N1Cc1ccccc1F. The topological polar surface area (TPSA) is 20.3 Å². The fourth-order valence-electron chi connectivity index (χ4n) is 4.43. The fraction of sp³-hybridized carbons (Fsp3) is 0.115. The molecule has 0 aromatic heterocycles. The number of halogens is 3. The molecule has 31 heavy (non-hydrogen) atoms. The maximum atomic E-state index is 14.4. The molecule has 1 unspecified atom stereocenters. The van der Waals surface area contributed by atoms with Gasteiger partial charge in [-0.3, -0.25) is 4.79 Å². The highest BCUT2D eigenvalue weighted by Crippen LogP contribution is 2.47. The van der Waals surface area contributed by atoms with Gasteiger partial charge in [0.2, 0.25) is 5.91 Å². The molecule has 2 nitrogen and oxygen atoms in total. The molecule has 1 aliphatic heterocycles. The minimum Gasteiger partial charge on any atom is -0.308 e. The van der Waals surface area contributed by atoms with Crippen LogP contribution in [0.15, 0.2) is 78.9 Å². The van der Waals surface area contributed by atoms with Crippen molar-refractivity contribution in [3.05, 3.63) is 111 Å². The first-order valence-corrected chi connectivity index (χ1v) is 10.8. The first-order chi connectivity index (χ1) is 15.0. The van der Waals surface area contributed by atoms with E-state index in [2.05, 4.69) is 6.07 Å². The summed E-state index contributed by atoms with van der Waals surface area (Å²) in [6, 6.07) is 24.1. The Kier molecular flexibility index (Phi) is 5.17. The van der Waals surface area contributed by atoms with Gasteiger partial charge in [-0.15, -0.1) is 0 Å². The van der Waals surface area contributed by atoms with Gasteiger partial charge >= 0.3 is 0 Å². The Labute approximate surface area is 189 Å². The molecule has 1 amide bonds. The molecule has 0 aliphatic carbocycles. The van der Waals surface area contributed by atoms with Gasteiger partial charge in [0.25, 0.3) is 0 Å². The lowest BCUT2D eigenvalue weighted by Gasteiger charge is -2.36. The van der Waals surface area contributed by atoms with Crippen LogP contribution in [0.1, 0.15) is 29.0 Å². The third kappa shape index (κ3) is 3.48. The predicted octanol–water partition coefficient (Wildman–Crippen LogP) is 7.35. The molecule has 0 fully saturated rings. The molecule has 0 bridgehead atoms. The third-order valence-corrected chi connectivity index (χ3v) is 6.74. The van der Waals surface area contributed by atoms with Crippen molar-refractivity contribution >= 4 is 45.6 Å². The largest absolute Gasteiger partial charge is 0.308 e. The van der Waals surface area contributed by atoms with Gasteiger partial charge in [0.05, 0.1) is 16.6 Å². The van der Waals surface area contributed by atoms with Gasteiger partial charge in [-0.05, 0) is 40.1 Å². The highest BCUT2D eigenvalue weighted by Gasteiger charge is 2.35. The summed E-state index contributed by atoms with van der Waals surface area (Å²) in [7, 11) is 0. The van der Waals surface area contributed by atoms with Crippen LogP contribution in [0.25, 0.3) is 10.8 Å². The first-order valence-electron chi connectivity index (χ1n) is 10.0. The number of hydrogen-bond donors (Lipinski definition) is 0. The maximum absolute atomic E-state index is 14.4. The summed E-state index contributed by atoms with van der Waals surface area (Å²) in [6.07, 6.45) is 0.232. The highest BCUT2D eigenvalue weighted by molar-refractivity contribution is 6.42. The van der Waals surface area contributed by atoms with Crippen LogP contribution in [0.3, 0.4) is 0 Å². The zero-order valence-corrected chi connectivity index (χ0v) is 18.0. The fourth-order valence-corrected chi connectivity index (χ4v) is 4.87. The van der Waals surface area contributed by atoms with E-state index in [0.29, 0.717) is 15.6 Å². The van der Waals surface area contributed by atoms with Crippen LogP contribution in [0, 0.1) is 5.82 Å². The van der Waals surface area contributed by atoms with Crippen LogP contribution in [-0.2, 0) is 11.3 Å². The van der Waals surface area contributed by atoms with Crippen molar-refractivity contribution in [3.63, 3.8) is 0 Å². The molecule has 1 aliphatic rings. The zero-order chi connectivity index (χ0) is 21.5. The molecule has 1 heterocycles. The van der Waals surface area contributed by atoms with Crippen molar-refractivity contribution in [1.29, 1.82) is 0 Å². The van der Waals surface area contributed by atoms with E-state index >= 15 is 0 Å². The normalized spacial score (nSPS) is 15.9. The summed E-state index contributed by atoms with van der Waals surface area (Å²) in [5.41, 5.74) is 3.09. The predicted molar refractivity (Wildman–Crippen MR) is 124 cm³/mol. The molecule has 154 valence electrons. The summed E-state index contributed by atoms with van der Waals surface area (Å²) < 4.78 is 14.4. The number of nitrogens with zero attached hydrogens (tertiary/aromatic N) is 1. The maximum Gasteiger partial charge on any atom is 0.228 e. The van der Waals surface area contributed by atoms with Crippen LogP contribution in [0.4, 0.5) is 10.1 Å². The first kappa shape index (κ1) is 20.0. The van der Waals surface area contributed by atoms with Crippen molar-refractivity contribution in [2.24, 2.45) is 0 Å². The van der Waals surface area contributed by atoms with Gasteiger partial charge in [0.15, 0.2) is 0 Å². The Balaban J connectivity index is 1.72. The molecule has 4 aromatic rings. The summed E-state index contributed by atoms with van der Waals surface area (Å²) in [4.78, 5) is 15.0. The summed E-state index contributed by atoms with van der Waals surface area (Å²) >= 11 is 12.9. The minimum atomic E-state index is -0.322. The molecule has 5 heteroatoms. The number of hydrogen-bond acceptors (Lipinski definition) is 1. The van der Waals surface area contributed by atoms with Gasteiger partial charge in [-0.1, -0.05) is 83.9 Å². The van der Waals surface area contributed by atoms with E-state index in [1.165, 1.54) is 6.07 Å². The summed E-state index contributed by atoms with van der Waals surface area (Å²) in [6.45, 7) is 0.173. The molecule has 1 atom stereocenters. The van der Waals surface area contributed by atoms with Crippen molar-refractivity contribution in [2.75, 3.05) is 4.90 Å². The van der Waals surface area contributed by atoms with Gasteiger partial charge in [-0.2, -0.15) is 0 Å². The van der Waals surface area contributed by atoms with Gasteiger partial charge in [-0.25, -0.2) is 4.39 Å². The average molecular weight is 450 g/mol. The lowest BCUT2D eigenvalue weighted by Crippen LogP contribution is -2.37. The van der Waals surface area contributed by atoms with Gasteiger partial charge in [0.1, 0.15) is 5.82 Å². The number of fused-ring (bicyclic) bond motifs is 3. The van der Waals surface area contributed by atoms with Crippen LogP contribution in [-0.4, -0.2) is 5.91 Å². The van der Waals surface area contributed by atoms with Gasteiger partial charge in [0, 0.05) is 23.6 Å². The summed E-state index contributed by atoms with van der Waals surface area (Å²) in [5.74, 6) is -0.638. The number of benzene rings is 4. The standard InChI is InChI=1S/C26H18Cl2FNO/c27-21-10-5-9-19(26(21)28)20-14-24(31)30(15-17-7-2-4-11-22(17)29)23-13-12-16-6-1-3-8-18(16)25(20)23/h1-13,20H,14-15H2. The molecule has 0 saturated heterocycles. The van der Waals surface area contributed by atoms with Crippen LogP contribution >= 0.6 is 23.2 Å².